The first-order valence-electron chi connectivity index (χ1n) is 6.56. The molecule has 0 aliphatic carbocycles. The summed E-state index contributed by atoms with van der Waals surface area (Å²) in [5.41, 5.74) is -0.617. The molecule has 0 aliphatic heterocycles. The Balaban J connectivity index is 2.76. The van der Waals surface area contributed by atoms with Gasteiger partial charge in [0.05, 0.1) is 7.11 Å². The molecule has 118 valence electrons. The molecule has 0 saturated carbocycles. The van der Waals surface area contributed by atoms with Gasteiger partial charge in [-0.2, -0.15) is 0 Å². The number of thiophene rings is 1. The number of nitrogens with zero attached hydrogens (tertiary/aromatic N) is 1. The van der Waals surface area contributed by atoms with Crippen LogP contribution in [0, 0.1) is 0 Å². The van der Waals surface area contributed by atoms with Gasteiger partial charge in [0, 0.05) is 18.3 Å². The number of hydroxylamine groups is 2. The van der Waals surface area contributed by atoms with Crippen molar-refractivity contribution in [2.75, 3.05) is 14.2 Å². The maximum atomic E-state index is 12.2. The molecular weight excluding hydrogens is 292 g/mol. The largest absolute Gasteiger partial charge is 0.444 e. The molecule has 0 unspecified atom stereocenters. The van der Waals surface area contributed by atoms with Crippen molar-refractivity contribution in [1.29, 1.82) is 0 Å². The second-order valence-electron chi connectivity index (χ2n) is 5.50. The van der Waals surface area contributed by atoms with Crippen molar-refractivity contribution < 1.29 is 19.2 Å². The van der Waals surface area contributed by atoms with E-state index >= 15 is 0 Å². The summed E-state index contributed by atoms with van der Waals surface area (Å²) in [4.78, 5) is 30.0. The number of rotatable bonds is 5. The fourth-order valence-corrected chi connectivity index (χ4v) is 2.34. The molecule has 21 heavy (non-hydrogen) atoms. The van der Waals surface area contributed by atoms with Gasteiger partial charge in [-0.1, -0.05) is 6.07 Å². The zero-order valence-electron chi connectivity index (χ0n) is 13.0. The van der Waals surface area contributed by atoms with E-state index in [2.05, 4.69) is 5.32 Å². The van der Waals surface area contributed by atoms with Gasteiger partial charge < -0.3 is 10.1 Å². The van der Waals surface area contributed by atoms with Crippen LogP contribution in [0.5, 0.6) is 0 Å². The highest BCUT2D eigenvalue weighted by Gasteiger charge is 2.27. The lowest BCUT2D eigenvalue weighted by Gasteiger charge is -2.25. The SMILES string of the molecule is CON(C)C(=O)[C@H](Cc1cccs1)NC(=O)OC(C)(C)C. The Morgan fingerprint density at radius 2 is 2.10 bits per heavy atom. The molecule has 0 bridgehead atoms. The number of ether oxygens (including phenoxy) is 1. The van der Waals surface area contributed by atoms with Crippen LogP contribution in [0.15, 0.2) is 17.5 Å². The van der Waals surface area contributed by atoms with Gasteiger partial charge in [-0.05, 0) is 32.2 Å². The minimum Gasteiger partial charge on any atom is -0.444 e. The van der Waals surface area contributed by atoms with E-state index in [0.29, 0.717) is 6.42 Å². The van der Waals surface area contributed by atoms with Crippen LogP contribution in [0.25, 0.3) is 0 Å². The third-order valence-electron chi connectivity index (χ3n) is 2.56. The van der Waals surface area contributed by atoms with Gasteiger partial charge in [-0.15, -0.1) is 11.3 Å². The second kappa shape index (κ2) is 7.42. The standard InChI is InChI=1S/C14H22N2O4S/c1-14(2,3)20-13(18)15-11(12(17)16(4)19-5)9-10-7-6-8-21-10/h6-8,11H,9H2,1-5H3,(H,15,18)/t11-/m0/s1. The summed E-state index contributed by atoms with van der Waals surface area (Å²) in [7, 11) is 2.90. The minimum absolute atomic E-state index is 0.336. The number of likely N-dealkylation sites (N-methyl/N-ethyl adjacent to an activating group) is 1. The molecule has 2 amide bonds. The summed E-state index contributed by atoms with van der Waals surface area (Å²) in [5.74, 6) is -0.336. The molecule has 1 rings (SSSR count). The predicted octanol–water partition coefficient (Wildman–Crippen LogP) is 2.20. The Bertz CT molecular complexity index is 468. The monoisotopic (exact) mass is 314 g/mol. The third kappa shape index (κ3) is 6.14. The van der Waals surface area contributed by atoms with Crippen molar-refractivity contribution in [1.82, 2.24) is 10.4 Å². The molecule has 1 heterocycles. The number of hydrogen-bond donors (Lipinski definition) is 1. The smallest absolute Gasteiger partial charge is 0.408 e. The van der Waals surface area contributed by atoms with Gasteiger partial charge in [0.2, 0.25) is 0 Å². The Labute approximate surface area is 129 Å². The Morgan fingerprint density at radius 1 is 1.43 bits per heavy atom. The quantitative estimate of drug-likeness (QED) is 0.846. The maximum absolute atomic E-state index is 12.2. The molecule has 1 aromatic heterocycles. The van der Waals surface area contributed by atoms with Crippen LogP contribution in [0.2, 0.25) is 0 Å². The summed E-state index contributed by atoms with van der Waals surface area (Å²) in [5, 5.41) is 5.62. The molecule has 0 radical (unpaired) electrons. The van der Waals surface area contributed by atoms with E-state index in [1.807, 2.05) is 17.5 Å². The second-order valence-corrected chi connectivity index (χ2v) is 6.53. The minimum atomic E-state index is -0.733. The number of carbonyl (C=O) groups excluding carboxylic acids is 2. The molecule has 0 aromatic carbocycles. The predicted molar refractivity (Wildman–Crippen MR) is 81.0 cm³/mol. The van der Waals surface area contributed by atoms with Crippen LogP contribution < -0.4 is 5.32 Å². The molecule has 7 heteroatoms. The summed E-state index contributed by atoms with van der Waals surface area (Å²) in [6.07, 6.45) is -0.231. The first-order valence-corrected chi connectivity index (χ1v) is 7.44. The Hall–Kier alpha value is -1.60. The average Bonchev–Trinajstić information content (AvgIpc) is 2.86. The molecule has 0 fully saturated rings. The number of hydrogen-bond acceptors (Lipinski definition) is 5. The number of alkyl carbamates (subject to hydrolysis) is 1. The summed E-state index contributed by atoms with van der Waals surface area (Å²) in [6.45, 7) is 5.30. The highest BCUT2D eigenvalue weighted by atomic mass is 32.1. The van der Waals surface area contributed by atoms with E-state index < -0.39 is 17.7 Å². The lowest BCUT2D eigenvalue weighted by Crippen LogP contribution is -2.49. The van der Waals surface area contributed by atoms with E-state index in [1.165, 1.54) is 25.5 Å². The van der Waals surface area contributed by atoms with Gasteiger partial charge >= 0.3 is 6.09 Å². The van der Waals surface area contributed by atoms with E-state index in [1.54, 1.807) is 20.8 Å². The Morgan fingerprint density at radius 3 is 2.57 bits per heavy atom. The van der Waals surface area contributed by atoms with E-state index in [9.17, 15) is 9.59 Å². The molecule has 1 aromatic rings. The molecule has 1 N–H and O–H groups in total. The Kier molecular flexibility index (Phi) is 6.17. The van der Waals surface area contributed by atoms with Crippen molar-refractivity contribution in [2.24, 2.45) is 0 Å². The van der Waals surface area contributed by atoms with Gasteiger partial charge in [0.15, 0.2) is 0 Å². The van der Waals surface area contributed by atoms with Gasteiger partial charge in [0.25, 0.3) is 5.91 Å². The summed E-state index contributed by atoms with van der Waals surface area (Å²) >= 11 is 1.52. The first kappa shape index (κ1) is 17.5. The van der Waals surface area contributed by atoms with Crippen molar-refractivity contribution in [3.8, 4) is 0 Å². The molecule has 1 atom stereocenters. The van der Waals surface area contributed by atoms with Gasteiger partial charge in [0.1, 0.15) is 11.6 Å². The highest BCUT2D eigenvalue weighted by molar-refractivity contribution is 7.09. The third-order valence-corrected chi connectivity index (χ3v) is 3.46. The zero-order valence-corrected chi connectivity index (χ0v) is 13.8. The lowest BCUT2D eigenvalue weighted by molar-refractivity contribution is -0.170. The van der Waals surface area contributed by atoms with E-state index in [4.69, 9.17) is 9.57 Å². The van der Waals surface area contributed by atoms with Crippen molar-refractivity contribution >= 4 is 23.3 Å². The van der Waals surface area contributed by atoms with Crippen LogP contribution in [0.3, 0.4) is 0 Å². The van der Waals surface area contributed by atoms with Crippen LogP contribution in [-0.4, -0.2) is 42.9 Å². The summed E-state index contributed by atoms with van der Waals surface area (Å²) in [6, 6.07) is 3.08. The number of carbonyl (C=O) groups is 2. The molecular formula is C14H22N2O4S. The molecule has 0 aliphatic rings. The van der Waals surface area contributed by atoms with E-state index in [0.717, 1.165) is 9.94 Å². The van der Waals surface area contributed by atoms with Crippen molar-refractivity contribution in [2.45, 2.75) is 38.8 Å². The van der Waals surface area contributed by atoms with Crippen LogP contribution in [-0.2, 0) is 20.8 Å². The average molecular weight is 314 g/mol. The van der Waals surface area contributed by atoms with Crippen molar-refractivity contribution in [3.63, 3.8) is 0 Å². The lowest BCUT2D eigenvalue weighted by atomic mass is 10.1. The highest BCUT2D eigenvalue weighted by Crippen LogP contribution is 2.13. The fraction of sp³-hybridized carbons (Fsp3) is 0.571. The normalized spacial score (nSPS) is 12.6. The van der Waals surface area contributed by atoms with Crippen LogP contribution >= 0.6 is 11.3 Å². The summed E-state index contributed by atoms with van der Waals surface area (Å²) < 4.78 is 5.19. The topological polar surface area (TPSA) is 67.9 Å². The number of amides is 2. The zero-order chi connectivity index (χ0) is 16.0. The maximum Gasteiger partial charge on any atom is 0.408 e. The molecule has 0 saturated heterocycles. The molecule has 6 nitrogen and oxygen atoms in total. The van der Waals surface area contributed by atoms with Crippen LogP contribution in [0.1, 0.15) is 25.6 Å². The van der Waals surface area contributed by atoms with E-state index in [-0.39, 0.29) is 5.91 Å². The number of nitrogens with one attached hydrogen (secondary N) is 1. The fourth-order valence-electron chi connectivity index (χ4n) is 1.59. The van der Waals surface area contributed by atoms with Crippen molar-refractivity contribution in [3.05, 3.63) is 22.4 Å². The first-order chi connectivity index (χ1) is 9.73. The van der Waals surface area contributed by atoms with Gasteiger partial charge in [-0.3, -0.25) is 9.63 Å². The van der Waals surface area contributed by atoms with Crippen LogP contribution in [0.4, 0.5) is 4.79 Å². The molecule has 0 spiro atoms. The van der Waals surface area contributed by atoms with Gasteiger partial charge in [-0.25, -0.2) is 9.86 Å².